The Hall–Kier alpha value is -1.58. The van der Waals surface area contributed by atoms with Crippen molar-refractivity contribution < 1.29 is 30.3 Å². The maximum Gasteiger partial charge on any atom is 0.0598 e. The van der Waals surface area contributed by atoms with Crippen LogP contribution in [0.2, 0.25) is 0 Å². The molecule has 1 aromatic heterocycles. The fourth-order valence-electron chi connectivity index (χ4n) is 4.21. The molecule has 1 aliphatic rings. The molecule has 0 saturated heterocycles. The Morgan fingerprint density at radius 2 is 1.77 bits per heavy atom. The van der Waals surface area contributed by atoms with Crippen molar-refractivity contribution >= 4 is 10.9 Å². The van der Waals surface area contributed by atoms with Crippen LogP contribution in [0.25, 0.3) is 22.2 Å². The SMILES string of the molecule is CC(O)CC(C)O.CCc1cccc2nc3c(cc12)CCc1c-3[c-]c(C)cc1C.[Ir]. The molecule has 2 aromatic carbocycles. The summed E-state index contributed by atoms with van der Waals surface area (Å²) in [6.07, 6.45) is 2.96. The van der Waals surface area contributed by atoms with E-state index in [0.29, 0.717) is 6.42 Å². The van der Waals surface area contributed by atoms with Crippen molar-refractivity contribution in [1.29, 1.82) is 0 Å². The fourth-order valence-corrected chi connectivity index (χ4v) is 4.21. The van der Waals surface area contributed by atoms with Gasteiger partial charge < -0.3 is 10.2 Å². The Morgan fingerprint density at radius 3 is 2.37 bits per heavy atom. The number of aromatic nitrogens is 1. The molecule has 1 aliphatic carbocycles. The molecular formula is C26H32IrNO2-. The number of aliphatic hydroxyl groups is 2. The second-order valence-corrected chi connectivity index (χ2v) is 8.26. The van der Waals surface area contributed by atoms with Crippen molar-refractivity contribution in [2.24, 2.45) is 0 Å². The van der Waals surface area contributed by atoms with Crippen molar-refractivity contribution in [3.63, 3.8) is 0 Å². The van der Waals surface area contributed by atoms with Crippen LogP contribution in [0.3, 0.4) is 0 Å². The first-order valence-corrected chi connectivity index (χ1v) is 10.6. The Labute approximate surface area is 193 Å². The largest absolute Gasteiger partial charge is 0.393 e. The average Bonchev–Trinajstić information content (AvgIpc) is 2.65. The maximum absolute atomic E-state index is 8.56. The molecule has 30 heavy (non-hydrogen) atoms. The predicted octanol–water partition coefficient (Wildman–Crippen LogP) is 5.12. The molecule has 0 saturated carbocycles. The third-order valence-corrected chi connectivity index (χ3v) is 5.51. The molecule has 0 aliphatic heterocycles. The van der Waals surface area contributed by atoms with E-state index in [-0.39, 0.29) is 32.3 Å². The summed E-state index contributed by atoms with van der Waals surface area (Å²) in [5.41, 5.74) is 10.3. The standard InChI is InChI=1S/C21H20N.C5H12O2.Ir/c1-4-15-6-5-7-20-18(15)12-16-8-9-17-14(3)10-13(2)11-19(17)21(16)22-20;1-4(6)3-5(2)7;/h5-7,10,12H,4,8-9H2,1-3H3;4-7H,3H2,1-2H3;/q-1;;. The zero-order chi connectivity index (χ0) is 21.1. The molecule has 0 fully saturated rings. The molecular weight excluding hydrogens is 551 g/mol. The summed E-state index contributed by atoms with van der Waals surface area (Å²) >= 11 is 0. The van der Waals surface area contributed by atoms with Gasteiger partial charge in [-0.25, -0.2) is 0 Å². The first-order chi connectivity index (χ1) is 13.8. The van der Waals surface area contributed by atoms with Crippen LogP contribution in [0.5, 0.6) is 0 Å². The van der Waals surface area contributed by atoms with Gasteiger partial charge in [-0.05, 0) is 50.4 Å². The number of nitrogens with zero attached hydrogens (tertiary/aromatic N) is 1. The Morgan fingerprint density at radius 1 is 1.07 bits per heavy atom. The van der Waals surface area contributed by atoms with E-state index < -0.39 is 0 Å². The van der Waals surface area contributed by atoms with E-state index in [1.54, 1.807) is 13.8 Å². The monoisotopic (exact) mass is 583 g/mol. The number of hydrogen-bond donors (Lipinski definition) is 2. The summed E-state index contributed by atoms with van der Waals surface area (Å²) in [6, 6.07) is 14.6. The zero-order valence-corrected chi connectivity index (χ0v) is 20.9. The van der Waals surface area contributed by atoms with Crippen LogP contribution >= 0.6 is 0 Å². The number of benzene rings is 2. The maximum atomic E-state index is 8.56. The zero-order valence-electron chi connectivity index (χ0n) is 18.5. The van der Waals surface area contributed by atoms with Gasteiger partial charge in [0.1, 0.15) is 0 Å². The molecule has 2 atom stereocenters. The second kappa shape index (κ2) is 10.6. The van der Waals surface area contributed by atoms with Crippen LogP contribution in [-0.4, -0.2) is 27.4 Å². The van der Waals surface area contributed by atoms with Crippen LogP contribution in [0, 0.1) is 19.9 Å². The summed E-state index contributed by atoms with van der Waals surface area (Å²) < 4.78 is 0. The minimum absolute atomic E-state index is 0. The van der Waals surface area contributed by atoms with E-state index in [1.165, 1.54) is 38.8 Å². The summed E-state index contributed by atoms with van der Waals surface area (Å²) in [5, 5.41) is 18.4. The first-order valence-electron chi connectivity index (χ1n) is 10.6. The van der Waals surface area contributed by atoms with Crippen LogP contribution in [0.4, 0.5) is 0 Å². The molecule has 4 rings (SSSR count). The van der Waals surface area contributed by atoms with Crippen LogP contribution < -0.4 is 0 Å². The predicted molar refractivity (Wildman–Crippen MR) is 120 cm³/mol. The van der Waals surface area contributed by atoms with Gasteiger partial charge in [0, 0.05) is 25.5 Å². The van der Waals surface area contributed by atoms with Crippen molar-refractivity contribution in [2.75, 3.05) is 0 Å². The van der Waals surface area contributed by atoms with E-state index in [9.17, 15) is 0 Å². The Balaban J connectivity index is 0.000000350. The third-order valence-electron chi connectivity index (χ3n) is 5.51. The molecule has 3 aromatic rings. The number of fused-ring (bicyclic) bond motifs is 4. The van der Waals surface area contributed by atoms with Crippen molar-refractivity contribution in [3.8, 4) is 11.3 Å². The molecule has 0 spiro atoms. The molecule has 1 heterocycles. The van der Waals surface area contributed by atoms with Crippen LogP contribution in [0.15, 0.2) is 30.3 Å². The average molecular weight is 583 g/mol. The van der Waals surface area contributed by atoms with Crippen molar-refractivity contribution in [1.82, 2.24) is 4.98 Å². The van der Waals surface area contributed by atoms with Crippen molar-refractivity contribution in [3.05, 3.63) is 64.2 Å². The topological polar surface area (TPSA) is 53.4 Å². The quantitative estimate of drug-likeness (QED) is 0.422. The summed E-state index contributed by atoms with van der Waals surface area (Å²) in [4.78, 5) is 5.02. The molecule has 2 unspecified atom stereocenters. The van der Waals surface area contributed by atoms with E-state index in [0.717, 1.165) is 30.5 Å². The molecule has 0 bridgehead atoms. The van der Waals surface area contributed by atoms with E-state index in [4.69, 9.17) is 15.2 Å². The van der Waals surface area contributed by atoms with Crippen LogP contribution in [-0.2, 0) is 39.4 Å². The Bertz CT molecular complexity index is 1010. The van der Waals surface area contributed by atoms with Gasteiger partial charge >= 0.3 is 0 Å². The molecule has 2 N–H and O–H groups in total. The normalized spacial score (nSPS) is 14.0. The van der Waals surface area contributed by atoms with E-state index >= 15 is 0 Å². The molecule has 163 valence electrons. The molecule has 4 heteroatoms. The second-order valence-electron chi connectivity index (χ2n) is 8.26. The van der Waals surface area contributed by atoms with Gasteiger partial charge in [-0.3, -0.25) is 4.98 Å². The van der Waals surface area contributed by atoms with Gasteiger partial charge in [0.15, 0.2) is 0 Å². The van der Waals surface area contributed by atoms with Gasteiger partial charge in [-0.1, -0.05) is 51.0 Å². The van der Waals surface area contributed by atoms with Gasteiger partial charge in [0.25, 0.3) is 0 Å². The molecule has 0 amide bonds. The molecule has 3 nitrogen and oxygen atoms in total. The van der Waals surface area contributed by atoms with Gasteiger partial charge in [-0.2, -0.15) is 0 Å². The number of pyridine rings is 1. The minimum atomic E-state index is -0.375. The fraction of sp³-hybridized carbons (Fsp3) is 0.423. The Kier molecular flexibility index (Phi) is 8.75. The molecule has 1 radical (unpaired) electrons. The first kappa shape index (κ1) is 24.7. The van der Waals surface area contributed by atoms with E-state index in [1.807, 2.05) is 0 Å². The van der Waals surface area contributed by atoms with Gasteiger partial charge in [-0.15, -0.1) is 34.4 Å². The number of hydrogen-bond acceptors (Lipinski definition) is 3. The minimum Gasteiger partial charge on any atom is -0.393 e. The van der Waals surface area contributed by atoms with E-state index in [2.05, 4.69) is 57.2 Å². The summed E-state index contributed by atoms with van der Waals surface area (Å²) in [5.74, 6) is 0. The van der Waals surface area contributed by atoms with Gasteiger partial charge in [0.05, 0.1) is 17.7 Å². The number of aryl methyl sites for hydroxylation is 4. The number of rotatable bonds is 3. The third kappa shape index (κ3) is 5.56. The van der Waals surface area contributed by atoms with Crippen LogP contribution in [0.1, 0.15) is 55.0 Å². The smallest absolute Gasteiger partial charge is 0.0598 e. The number of aliphatic hydroxyl groups excluding tert-OH is 2. The summed E-state index contributed by atoms with van der Waals surface area (Å²) in [7, 11) is 0. The van der Waals surface area contributed by atoms with Crippen molar-refractivity contribution in [2.45, 2.75) is 72.5 Å². The van der Waals surface area contributed by atoms with Gasteiger partial charge in [0.2, 0.25) is 0 Å². The summed E-state index contributed by atoms with van der Waals surface area (Å²) in [6.45, 7) is 9.86.